The highest BCUT2D eigenvalue weighted by Crippen LogP contribution is 2.10. The molecular formula is C12H17ClN2O2. The number of hydrogen-bond donors (Lipinski definition) is 3. The molecule has 4 nitrogen and oxygen atoms in total. The van der Waals surface area contributed by atoms with E-state index in [1.807, 2.05) is 12.1 Å². The van der Waals surface area contributed by atoms with Crippen LogP contribution in [-0.2, 0) is 11.3 Å². The van der Waals surface area contributed by atoms with Gasteiger partial charge in [-0.25, -0.2) is 0 Å². The summed E-state index contributed by atoms with van der Waals surface area (Å²) in [6.07, 6.45) is -1.06. The minimum atomic E-state index is -1.06. The highest BCUT2D eigenvalue weighted by atomic mass is 35.5. The minimum absolute atomic E-state index is 0.283. The monoisotopic (exact) mass is 256 g/mol. The van der Waals surface area contributed by atoms with Crippen LogP contribution < -0.4 is 10.6 Å². The van der Waals surface area contributed by atoms with E-state index in [-0.39, 0.29) is 6.04 Å². The molecule has 0 aromatic heterocycles. The van der Waals surface area contributed by atoms with E-state index >= 15 is 0 Å². The maximum absolute atomic E-state index is 11.6. The van der Waals surface area contributed by atoms with Crippen molar-refractivity contribution >= 4 is 17.5 Å². The van der Waals surface area contributed by atoms with Gasteiger partial charge in [-0.05, 0) is 31.7 Å². The molecule has 3 N–H and O–H groups in total. The van der Waals surface area contributed by atoms with Gasteiger partial charge in [0, 0.05) is 17.6 Å². The Kier molecular flexibility index (Phi) is 5.41. The van der Waals surface area contributed by atoms with Gasteiger partial charge in [-0.3, -0.25) is 4.79 Å². The molecule has 2 unspecified atom stereocenters. The summed E-state index contributed by atoms with van der Waals surface area (Å²) in [5.41, 5.74) is 0.898. The number of halogens is 1. The molecule has 0 saturated heterocycles. The topological polar surface area (TPSA) is 61.4 Å². The number of carbonyl (C=O) groups excluding carboxylic acids is 1. The summed E-state index contributed by atoms with van der Waals surface area (Å²) < 4.78 is 0. The van der Waals surface area contributed by atoms with Crippen LogP contribution in [0.25, 0.3) is 0 Å². The SMILES string of the molecule is CNC(C)C(O)C(=O)NCc1cccc(Cl)c1. The first-order valence-electron chi connectivity index (χ1n) is 5.42. The lowest BCUT2D eigenvalue weighted by Crippen LogP contribution is -2.45. The molecule has 1 aromatic rings. The average molecular weight is 257 g/mol. The molecule has 0 aliphatic carbocycles. The zero-order chi connectivity index (χ0) is 12.8. The van der Waals surface area contributed by atoms with Crippen molar-refractivity contribution in [1.82, 2.24) is 10.6 Å². The Morgan fingerprint density at radius 1 is 1.53 bits per heavy atom. The number of nitrogens with one attached hydrogen (secondary N) is 2. The maximum atomic E-state index is 11.6. The van der Waals surface area contributed by atoms with Gasteiger partial charge in [0.05, 0.1) is 0 Å². The van der Waals surface area contributed by atoms with Crippen molar-refractivity contribution in [2.24, 2.45) is 0 Å². The molecule has 1 aromatic carbocycles. The van der Waals surface area contributed by atoms with Crippen LogP contribution in [0.15, 0.2) is 24.3 Å². The van der Waals surface area contributed by atoms with Crippen molar-refractivity contribution in [2.75, 3.05) is 7.05 Å². The Bertz CT molecular complexity index is 385. The highest BCUT2D eigenvalue weighted by molar-refractivity contribution is 6.30. The molecular weight excluding hydrogens is 240 g/mol. The van der Waals surface area contributed by atoms with E-state index in [9.17, 15) is 9.90 Å². The summed E-state index contributed by atoms with van der Waals surface area (Å²) in [4.78, 5) is 11.6. The molecule has 1 amide bonds. The third kappa shape index (κ3) is 4.34. The van der Waals surface area contributed by atoms with Crippen molar-refractivity contribution in [3.05, 3.63) is 34.9 Å². The summed E-state index contributed by atoms with van der Waals surface area (Å²) in [5.74, 6) is -0.396. The molecule has 5 heteroatoms. The van der Waals surface area contributed by atoms with Gasteiger partial charge in [0.25, 0.3) is 5.91 Å². The first kappa shape index (κ1) is 14.0. The molecule has 0 spiro atoms. The van der Waals surface area contributed by atoms with Crippen LogP contribution in [-0.4, -0.2) is 30.2 Å². The van der Waals surface area contributed by atoms with E-state index in [2.05, 4.69) is 10.6 Å². The number of likely N-dealkylation sites (N-methyl/N-ethyl adjacent to an activating group) is 1. The second-order valence-electron chi connectivity index (χ2n) is 3.87. The van der Waals surface area contributed by atoms with E-state index in [1.54, 1.807) is 26.1 Å². The molecule has 0 aliphatic heterocycles. The van der Waals surface area contributed by atoms with Crippen LogP contribution in [0, 0.1) is 0 Å². The fourth-order valence-corrected chi connectivity index (χ4v) is 1.54. The second-order valence-corrected chi connectivity index (χ2v) is 4.31. The van der Waals surface area contributed by atoms with E-state index in [0.717, 1.165) is 5.56 Å². The lowest BCUT2D eigenvalue weighted by molar-refractivity contribution is -0.130. The molecule has 0 aliphatic rings. The highest BCUT2D eigenvalue weighted by Gasteiger charge is 2.20. The van der Waals surface area contributed by atoms with E-state index in [4.69, 9.17) is 11.6 Å². The normalized spacial score (nSPS) is 14.1. The Labute approximate surface area is 106 Å². The number of aliphatic hydroxyl groups is 1. The van der Waals surface area contributed by atoms with Crippen LogP contribution in [0.1, 0.15) is 12.5 Å². The first-order chi connectivity index (χ1) is 8.04. The number of amides is 1. The minimum Gasteiger partial charge on any atom is -0.382 e. The molecule has 0 bridgehead atoms. The lowest BCUT2D eigenvalue weighted by atomic mass is 10.1. The Morgan fingerprint density at radius 2 is 2.24 bits per heavy atom. The average Bonchev–Trinajstić information content (AvgIpc) is 2.34. The van der Waals surface area contributed by atoms with Gasteiger partial charge in [-0.1, -0.05) is 23.7 Å². The van der Waals surface area contributed by atoms with Crippen molar-refractivity contribution in [3.8, 4) is 0 Å². The fourth-order valence-electron chi connectivity index (χ4n) is 1.33. The predicted octanol–water partition coefficient (Wildman–Crippen LogP) is 0.925. The summed E-state index contributed by atoms with van der Waals surface area (Å²) in [5, 5.41) is 15.7. The number of rotatable bonds is 5. The Morgan fingerprint density at radius 3 is 2.82 bits per heavy atom. The van der Waals surface area contributed by atoms with Crippen LogP contribution in [0.5, 0.6) is 0 Å². The van der Waals surface area contributed by atoms with Gasteiger partial charge in [-0.2, -0.15) is 0 Å². The van der Waals surface area contributed by atoms with Crippen molar-refractivity contribution < 1.29 is 9.90 Å². The van der Waals surface area contributed by atoms with Crippen LogP contribution in [0.4, 0.5) is 0 Å². The van der Waals surface area contributed by atoms with Gasteiger partial charge in [-0.15, -0.1) is 0 Å². The number of benzene rings is 1. The third-order valence-corrected chi connectivity index (χ3v) is 2.79. The quantitative estimate of drug-likeness (QED) is 0.734. The van der Waals surface area contributed by atoms with Crippen molar-refractivity contribution in [2.45, 2.75) is 25.6 Å². The number of hydrogen-bond acceptors (Lipinski definition) is 3. The fraction of sp³-hybridized carbons (Fsp3) is 0.417. The smallest absolute Gasteiger partial charge is 0.250 e. The van der Waals surface area contributed by atoms with Gasteiger partial charge in [0.1, 0.15) is 6.10 Å². The van der Waals surface area contributed by atoms with Crippen molar-refractivity contribution in [3.63, 3.8) is 0 Å². The van der Waals surface area contributed by atoms with E-state index in [0.29, 0.717) is 11.6 Å². The van der Waals surface area contributed by atoms with Gasteiger partial charge >= 0.3 is 0 Å². The zero-order valence-corrected chi connectivity index (χ0v) is 10.7. The number of aliphatic hydroxyl groups excluding tert-OH is 1. The standard InChI is InChI=1S/C12H17ClN2O2/c1-8(14-2)11(16)12(17)15-7-9-4-3-5-10(13)6-9/h3-6,8,11,14,16H,7H2,1-2H3,(H,15,17). The van der Waals surface area contributed by atoms with E-state index in [1.165, 1.54) is 0 Å². The van der Waals surface area contributed by atoms with Crippen molar-refractivity contribution in [1.29, 1.82) is 0 Å². The predicted molar refractivity (Wildman–Crippen MR) is 67.8 cm³/mol. The summed E-state index contributed by atoms with van der Waals surface area (Å²) in [6.45, 7) is 2.09. The molecule has 0 heterocycles. The van der Waals surface area contributed by atoms with Crippen LogP contribution in [0.2, 0.25) is 5.02 Å². The summed E-state index contributed by atoms with van der Waals surface area (Å²) >= 11 is 5.82. The molecule has 0 saturated carbocycles. The van der Waals surface area contributed by atoms with Crippen LogP contribution >= 0.6 is 11.6 Å². The zero-order valence-electron chi connectivity index (χ0n) is 9.90. The largest absolute Gasteiger partial charge is 0.382 e. The summed E-state index contributed by atoms with van der Waals surface area (Å²) in [7, 11) is 1.69. The Balaban J connectivity index is 2.48. The van der Waals surface area contributed by atoms with E-state index < -0.39 is 12.0 Å². The summed E-state index contributed by atoms with van der Waals surface area (Å²) in [6, 6.07) is 6.94. The first-order valence-corrected chi connectivity index (χ1v) is 5.80. The molecule has 1 rings (SSSR count). The molecule has 17 heavy (non-hydrogen) atoms. The second kappa shape index (κ2) is 6.59. The third-order valence-electron chi connectivity index (χ3n) is 2.55. The molecule has 0 radical (unpaired) electrons. The lowest BCUT2D eigenvalue weighted by Gasteiger charge is -2.17. The Hall–Kier alpha value is -1.10. The maximum Gasteiger partial charge on any atom is 0.250 e. The number of carbonyl (C=O) groups is 1. The molecule has 2 atom stereocenters. The molecule has 94 valence electrons. The van der Waals surface area contributed by atoms with Gasteiger partial charge < -0.3 is 15.7 Å². The van der Waals surface area contributed by atoms with Gasteiger partial charge in [0.2, 0.25) is 0 Å². The van der Waals surface area contributed by atoms with Crippen LogP contribution in [0.3, 0.4) is 0 Å². The van der Waals surface area contributed by atoms with Gasteiger partial charge in [0.15, 0.2) is 0 Å². The molecule has 0 fully saturated rings.